The predicted molar refractivity (Wildman–Crippen MR) is 51.4 cm³/mol. The first kappa shape index (κ1) is 8.09. The van der Waals surface area contributed by atoms with Crippen LogP contribution in [0.1, 0.15) is 5.56 Å². The molecule has 66 valence electrons. The van der Waals surface area contributed by atoms with Crippen molar-refractivity contribution >= 4 is 5.69 Å². The second-order valence-electron chi connectivity index (χ2n) is 3.08. The van der Waals surface area contributed by atoms with E-state index in [0.29, 0.717) is 0 Å². The van der Waals surface area contributed by atoms with Crippen molar-refractivity contribution in [2.75, 3.05) is 24.7 Å². The molecule has 0 aliphatic carbocycles. The van der Waals surface area contributed by atoms with Crippen molar-refractivity contribution in [3.63, 3.8) is 0 Å². The molecule has 2 rings (SSSR count). The minimum absolute atomic E-state index is 0.726. The standard InChI is InChI=1S/C10H11N3/c11-7-9-2-1-3-10(6-9)13-5-4-12-8-13/h1-3,6,12H,4-5,8H2. The molecular formula is C10H11N3. The van der Waals surface area contributed by atoms with E-state index in [1.165, 1.54) is 0 Å². The van der Waals surface area contributed by atoms with Gasteiger partial charge in [0, 0.05) is 18.8 Å². The average Bonchev–Trinajstić information content (AvgIpc) is 2.71. The third-order valence-corrected chi connectivity index (χ3v) is 2.20. The molecule has 13 heavy (non-hydrogen) atoms. The van der Waals surface area contributed by atoms with Gasteiger partial charge >= 0.3 is 0 Å². The topological polar surface area (TPSA) is 39.1 Å². The lowest BCUT2D eigenvalue weighted by atomic mass is 10.2. The van der Waals surface area contributed by atoms with E-state index in [4.69, 9.17) is 5.26 Å². The second-order valence-corrected chi connectivity index (χ2v) is 3.08. The van der Waals surface area contributed by atoms with Gasteiger partial charge < -0.3 is 4.90 Å². The Bertz CT molecular complexity index is 334. The Morgan fingerprint density at radius 1 is 1.46 bits per heavy atom. The van der Waals surface area contributed by atoms with Gasteiger partial charge in [-0.2, -0.15) is 5.26 Å². The van der Waals surface area contributed by atoms with Gasteiger partial charge in [-0.25, -0.2) is 0 Å². The van der Waals surface area contributed by atoms with Gasteiger partial charge in [0.1, 0.15) is 0 Å². The zero-order valence-corrected chi connectivity index (χ0v) is 7.33. The first-order valence-electron chi connectivity index (χ1n) is 4.36. The molecule has 0 atom stereocenters. The van der Waals surface area contributed by atoms with Crippen molar-refractivity contribution in [2.24, 2.45) is 0 Å². The molecule has 3 heteroatoms. The van der Waals surface area contributed by atoms with E-state index in [1.807, 2.05) is 24.3 Å². The molecule has 0 bridgehead atoms. The number of hydrogen-bond donors (Lipinski definition) is 1. The van der Waals surface area contributed by atoms with E-state index < -0.39 is 0 Å². The van der Waals surface area contributed by atoms with E-state index in [0.717, 1.165) is 31.0 Å². The van der Waals surface area contributed by atoms with Crippen LogP contribution in [0.25, 0.3) is 0 Å². The fraction of sp³-hybridized carbons (Fsp3) is 0.300. The summed E-state index contributed by atoms with van der Waals surface area (Å²) in [5, 5.41) is 12.0. The van der Waals surface area contributed by atoms with E-state index in [-0.39, 0.29) is 0 Å². The van der Waals surface area contributed by atoms with Crippen LogP contribution in [0.2, 0.25) is 0 Å². The van der Waals surface area contributed by atoms with Crippen LogP contribution in [0, 0.1) is 11.3 Å². The van der Waals surface area contributed by atoms with Crippen molar-refractivity contribution in [2.45, 2.75) is 0 Å². The van der Waals surface area contributed by atoms with Crippen LogP contribution in [0.5, 0.6) is 0 Å². The van der Waals surface area contributed by atoms with Crippen LogP contribution >= 0.6 is 0 Å². The van der Waals surface area contributed by atoms with Crippen LogP contribution in [0.15, 0.2) is 24.3 Å². The highest BCUT2D eigenvalue weighted by Gasteiger charge is 2.10. The molecule has 0 radical (unpaired) electrons. The highest BCUT2D eigenvalue weighted by molar-refractivity contribution is 5.51. The van der Waals surface area contributed by atoms with Crippen molar-refractivity contribution in [3.05, 3.63) is 29.8 Å². The van der Waals surface area contributed by atoms with Gasteiger partial charge in [0.25, 0.3) is 0 Å². The average molecular weight is 173 g/mol. The van der Waals surface area contributed by atoms with E-state index in [9.17, 15) is 0 Å². The number of benzene rings is 1. The van der Waals surface area contributed by atoms with E-state index >= 15 is 0 Å². The van der Waals surface area contributed by atoms with Crippen LogP contribution in [-0.2, 0) is 0 Å². The fourth-order valence-corrected chi connectivity index (χ4v) is 1.50. The highest BCUT2D eigenvalue weighted by atomic mass is 15.3. The molecule has 0 saturated carbocycles. The molecule has 1 aromatic carbocycles. The van der Waals surface area contributed by atoms with Gasteiger partial charge in [-0.1, -0.05) is 6.07 Å². The summed E-state index contributed by atoms with van der Waals surface area (Å²) in [6.45, 7) is 2.93. The van der Waals surface area contributed by atoms with Gasteiger partial charge in [-0.3, -0.25) is 5.32 Å². The largest absolute Gasteiger partial charge is 0.357 e. The summed E-state index contributed by atoms with van der Waals surface area (Å²) in [6, 6.07) is 9.85. The van der Waals surface area contributed by atoms with Crippen molar-refractivity contribution in [1.29, 1.82) is 5.26 Å². The van der Waals surface area contributed by atoms with Crippen LogP contribution in [-0.4, -0.2) is 19.8 Å². The monoisotopic (exact) mass is 173 g/mol. The Morgan fingerprint density at radius 2 is 2.38 bits per heavy atom. The third kappa shape index (κ3) is 1.63. The summed E-state index contributed by atoms with van der Waals surface area (Å²) in [4.78, 5) is 2.22. The van der Waals surface area contributed by atoms with Crippen LogP contribution < -0.4 is 10.2 Å². The number of hydrogen-bond acceptors (Lipinski definition) is 3. The van der Waals surface area contributed by atoms with Crippen molar-refractivity contribution in [1.82, 2.24) is 5.32 Å². The van der Waals surface area contributed by atoms with Gasteiger partial charge in [-0.15, -0.1) is 0 Å². The molecular weight excluding hydrogens is 162 g/mol. The van der Waals surface area contributed by atoms with E-state index in [2.05, 4.69) is 16.3 Å². The molecule has 0 unspecified atom stereocenters. The summed E-state index contributed by atoms with van der Waals surface area (Å²) in [5.74, 6) is 0. The number of nitrogens with one attached hydrogen (secondary N) is 1. The summed E-state index contributed by atoms with van der Waals surface area (Å²) >= 11 is 0. The van der Waals surface area contributed by atoms with Crippen LogP contribution in [0.4, 0.5) is 5.69 Å². The Morgan fingerprint density at radius 3 is 3.08 bits per heavy atom. The number of nitrogens with zero attached hydrogens (tertiary/aromatic N) is 2. The molecule has 1 fully saturated rings. The SMILES string of the molecule is N#Cc1cccc(N2CCNC2)c1. The molecule has 1 N–H and O–H groups in total. The fourth-order valence-electron chi connectivity index (χ4n) is 1.50. The normalized spacial score (nSPS) is 15.8. The lowest BCUT2D eigenvalue weighted by Crippen LogP contribution is -2.20. The summed E-state index contributed by atoms with van der Waals surface area (Å²) in [5.41, 5.74) is 1.86. The minimum atomic E-state index is 0.726. The number of anilines is 1. The quantitative estimate of drug-likeness (QED) is 0.686. The predicted octanol–water partition coefficient (Wildman–Crippen LogP) is 0.925. The van der Waals surface area contributed by atoms with Gasteiger partial charge in [0.2, 0.25) is 0 Å². The molecule has 0 amide bonds. The summed E-state index contributed by atoms with van der Waals surface area (Å²) < 4.78 is 0. The molecule has 1 aromatic rings. The van der Waals surface area contributed by atoms with Crippen molar-refractivity contribution in [3.8, 4) is 6.07 Å². The highest BCUT2D eigenvalue weighted by Crippen LogP contribution is 2.16. The van der Waals surface area contributed by atoms with Gasteiger partial charge in [0.05, 0.1) is 18.3 Å². The van der Waals surface area contributed by atoms with Gasteiger partial charge in [0.15, 0.2) is 0 Å². The summed E-state index contributed by atoms with van der Waals surface area (Å²) in [7, 11) is 0. The maximum absolute atomic E-state index is 8.72. The zero-order chi connectivity index (χ0) is 9.10. The zero-order valence-electron chi connectivity index (χ0n) is 7.33. The lowest BCUT2D eigenvalue weighted by molar-refractivity contribution is 0.855. The van der Waals surface area contributed by atoms with Crippen molar-refractivity contribution < 1.29 is 0 Å². The Kier molecular flexibility index (Phi) is 2.15. The molecule has 1 heterocycles. The Labute approximate surface area is 77.6 Å². The number of nitriles is 1. The smallest absolute Gasteiger partial charge is 0.0992 e. The molecule has 1 saturated heterocycles. The third-order valence-electron chi connectivity index (χ3n) is 2.20. The maximum Gasteiger partial charge on any atom is 0.0992 e. The molecule has 0 spiro atoms. The molecule has 3 nitrogen and oxygen atoms in total. The molecule has 0 aromatic heterocycles. The first-order valence-corrected chi connectivity index (χ1v) is 4.36. The Balaban J connectivity index is 2.25. The maximum atomic E-state index is 8.72. The molecule has 1 aliphatic heterocycles. The first-order chi connectivity index (χ1) is 6.40. The summed E-state index contributed by atoms with van der Waals surface area (Å²) in [6.07, 6.45) is 0. The molecule has 1 aliphatic rings. The second kappa shape index (κ2) is 3.46. The number of rotatable bonds is 1. The van der Waals surface area contributed by atoms with Gasteiger partial charge in [-0.05, 0) is 18.2 Å². The van der Waals surface area contributed by atoms with Crippen LogP contribution in [0.3, 0.4) is 0 Å². The van der Waals surface area contributed by atoms with E-state index in [1.54, 1.807) is 0 Å². The minimum Gasteiger partial charge on any atom is -0.357 e. The lowest BCUT2D eigenvalue weighted by Gasteiger charge is -2.16. The Hall–Kier alpha value is -1.53.